The number of anilines is 1. The van der Waals surface area contributed by atoms with Gasteiger partial charge in [0, 0.05) is 43.2 Å². The van der Waals surface area contributed by atoms with Gasteiger partial charge in [-0.15, -0.1) is 5.10 Å². The van der Waals surface area contributed by atoms with E-state index in [-0.39, 0.29) is 24.4 Å². The van der Waals surface area contributed by atoms with Gasteiger partial charge in [-0.3, -0.25) is 9.69 Å². The summed E-state index contributed by atoms with van der Waals surface area (Å²) in [5.74, 6) is 2.90. The number of methoxy groups -OCH3 is 1. The third-order valence-electron chi connectivity index (χ3n) is 8.20. The number of aromatic nitrogens is 5. The number of aromatic amines is 1. The molecule has 2 aromatic carbocycles. The summed E-state index contributed by atoms with van der Waals surface area (Å²) in [6, 6.07) is 13.7. The zero-order valence-corrected chi connectivity index (χ0v) is 21.9. The summed E-state index contributed by atoms with van der Waals surface area (Å²) in [5, 5.41) is 13.9. The standard InChI is InChI=1S/C28H31N7O4/c1-37-23-9-5-4-8-22(23)33-10-12-34(13-11-33)26(27-30-31-32-35(27)19-6-2-3-7-19)20-14-18-15-24-25(39-17-38-24)16-21(18)29-28(20)36/h4-5,8-9,14-16,19,26H,2-3,6-7,10-13,17H2,1H3,(H,29,36)/t26-/m1/s1. The molecular weight excluding hydrogens is 498 g/mol. The van der Waals surface area contributed by atoms with Crippen LogP contribution in [-0.4, -0.2) is 70.2 Å². The lowest BCUT2D eigenvalue weighted by molar-refractivity contribution is 0.174. The Balaban J connectivity index is 1.28. The Morgan fingerprint density at radius 3 is 2.59 bits per heavy atom. The fourth-order valence-electron chi connectivity index (χ4n) is 6.22. The van der Waals surface area contributed by atoms with Crippen LogP contribution in [0.3, 0.4) is 0 Å². The first-order chi connectivity index (χ1) is 19.2. The second-order valence-electron chi connectivity index (χ2n) is 10.4. The lowest BCUT2D eigenvalue weighted by Crippen LogP contribution is -2.49. The van der Waals surface area contributed by atoms with Crippen molar-refractivity contribution in [3.8, 4) is 17.2 Å². The predicted molar refractivity (Wildman–Crippen MR) is 145 cm³/mol. The maximum Gasteiger partial charge on any atom is 0.253 e. The van der Waals surface area contributed by atoms with Crippen LogP contribution in [0.25, 0.3) is 10.9 Å². The molecule has 7 rings (SSSR count). The molecule has 1 saturated carbocycles. The van der Waals surface area contributed by atoms with E-state index in [1.54, 1.807) is 7.11 Å². The molecule has 1 saturated heterocycles. The van der Waals surface area contributed by atoms with Gasteiger partial charge in [-0.2, -0.15) is 0 Å². The molecule has 1 aliphatic carbocycles. The quantitative estimate of drug-likeness (QED) is 0.402. The van der Waals surface area contributed by atoms with Crippen LogP contribution in [0, 0.1) is 0 Å². The number of hydrogen-bond donors (Lipinski definition) is 1. The number of nitrogens with zero attached hydrogens (tertiary/aromatic N) is 6. The maximum atomic E-state index is 13.7. The molecular formula is C28H31N7O4. The average molecular weight is 530 g/mol. The highest BCUT2D eigenvalue weighted by Crippen LogP contribution is 2.38. The molecule has 11 heteroatoms. The second kappa shape index (κ2) is 9.88. The first-order valence-electron chi connectivity index (χ1n) is 13.6. The lowest BCUT2D eigenvalue weighted by atomic mass is 10.0. The van der Waals surface area contributed by atoms with Crippen molar-refractivity contribution in [2.24, 2.45) is 0 Å². The van der Waals surface area contributed by atoms with Crippen molar-refractivity contribution in [1.82, 2.24) is 30.1 Å². The van der Waals surface area contributed by atoms with Crippen molar-refractivity contribution < 1.29 is 14.2 Å². The summed E-state index contributed by atoms with van der Waals surface area (Å²) in [6.45, 7) is 3.22. The number of rotatable bonds is 6. The van der Waals surface area contributed by atoms with Crippen LogP contribution in [0.1, 0.15) is 49.2 Å². The van der Waals surface area contributed by atoms with Crippen molar-refractivity contribution in [1.29, 1.82) is 0 Å². The monoisotopic (exact) mass is 529 g/mol. The van der Waals surface area contributed by atoms with E-state index in [1.807, 2.05) is 41.1 Å². The normalized spacial score (nSPS) is 18.6. The lowest BCUT2D eigenvalue weighted by Gasteiger charge is -2.40. The van der Waals surface area contributed by atoms with Gasteiger partial charge >= 0.3 is 0 Å². The molecule has 0 radical (unpaired) electrons. The van der Waals surface area contributed by atoms with Crippen molar-refractivity contribution >= 4 is 16.6 Å². The first-order valence-corrected chi connectivity index (χ1v) is 13.6. The molecule has 1 atom stereocenters. The molecule has 202 valence electrons. The Kier molecular flexibility index (Phi) is 6.07. The summed E-state index contributed by atoms with van der Waals surface area (Å²) in [7, 11) is 1.70. The molecule has 39 heavy (non-hydrogen) atoms. The number of tetrazole rings is 1. The SMILES string of the molecule is COc1ccccc1N1CCN([C@H](c2cc3cc4c(cc3[nH]c2=O)OCO4)c2nnnn2C2CCCC2)CC1. The van der Waals surface area contributed by atoms with Gasteiger partial charge in [0.25, 0.3) is 5.56 Å². The Bertz CT molecular complexity index is 1550. The molecule has 0 amide bonds. The van der Waals surface area contributed by atoms with E-state index in [1.165, 1.54) is 0 Å². The van der Waals surface area contributed by atoms with E-state index in [0.29, 0.717) is 22.6 Å². The molecule has 1 N–H and O–H groups in total. The van der Waals surface area contributed by atoms with Gasteiger partial charge in [-0.05, 0) is 47.5 Å². The summed E-state index contributed by atoms with van der Waals surface area (Å²) < 4.78 is 18.7. The summed E-state index contributed by atoms with van der Waals surface area (Å²) >= 11 is 0. The minimum Gasteiger partial charge on any atom is -0.495 e. The molecule has 11 nitrogen and oxygen atoms in total. The smallest absolute Gasteiger partial charge is 0.253 e. The van der Waals surface area contributed by atoms with Gasteiger partial charge in [0.2, 0.25) is 6.79 Å². The summed E-state index contributed by atoms with van der Waals surface area (Å²) in [4.78, 5) is 21.4. The third-order valence-corrected chi connectivity index (χ3v) is 8.20. The largest absolute Gasteiger partial charge is 0.495 e. The van der Waals surface area contributed by atoms with Crippen molar-refractivity contribution in [2.45, 2.75) is 37.8 Å². The van der Waals surface area contributed by atoms with Crippen molar-refractivity contribution in [3.63, 3.8) is 0 Å². The van der Waals surface area contributed by atoms with Crippen molar-refractivity contribution in [2.75, 3.05) is 45.0 Å². The molecule has 0 bridgehead atoms. The summed E-state index contributed by atoms with van der Waals surface area (Å²) in [5.41, 5.74) is 2.26. The Morgan fingerprint density at radius 1 is 1.03 bits per heavy atom. The molecule has 4 heterocycles. The van der Waals surface area contributed by atoms with Gasteiger partial charge in [0.05, 0.1) is 24.4 Å². The van der Waals surface area contributed by atoms with Crippen LogP contribution in [0.15, 0.2) is 47.3 Å². The molecule has 0 unspecified atom stereocenters. The number of fused-ring (bicyclic) bond motifs is 2. The molecule has 0 spiro atoms. The van der Waals surface area contributed by atoms with E-state index in [0.717, 1.165) is 74.5 Å². The minimum absolute atomic E-state index is 0.153. The van der Waals surface area contributed by atoms with Crippen LogP contribution in [0.2, 0.25) is 0 Å². The van der Waals surface area contributed by atoms with Gasteiger partial charge in [-0.1, -0.05) is 25.0 Å². The number of piperazine rings is 1. The summed E-state index contributed by atoms with van der Waals surface area (Å²) in [6.07, 6.45) is 4.42. The van der Waals surface area contributed by atoms with Crippen molar-refractivity contribution in [3.05, 3.63) is 64.2 Å². The second-order valence-corrected chi connectivity index (χ2v) is 10.4. The number of benzene rings is 2. The van der Waals surface area contributed by atoms with Crippen LogP contribution in [-0.2, 0) is 0 Å². The Hall–Kier alpha value is -4.12. The predicted octanol–water partition coefficient (Wildman–Crippen LogP) is 3.28. The van der Waals surface area contributed by atoms with Gasteiger partial charge in [0.15, 0.2) is 17.3 Å². The van der Waals surface area contributed by atoms with E-state index in [9.17, 15) is 4.79 Å². The molecule has 2 aliphatic heterocycles. The van der Waals surface area contributed by atoms with Crippen LogP contribution >= 0.6 is 0 Å². The van der Waals surface area contributed by atoms with E-state index >= 15 is 0 Å². The highest BCUT2D eigenvalue weighted by molar-refractivity contribution is 5.83. The topological polar surface area (TPSA) is 111 Å². The van der Waals surface area contributed by atoms with Gasteiger partial charge in [-0.25, -0.2) is 4.68 Å². The number of ether oxygens (including phenoxy) is 3. The van der Waals surface area contributed by atoms with E-state index in [2.05, 4.69) is 36.4 Å². The highest BCUT2D eigenvalue weighted by Gasteiger charge is 2.35. The molecule has 2 aromatic heterocycles. The number of hydrogen-bond acceptors (Lipinski definition) is 9. The molecule has 3 aliphatic rings. The van der Waals surface area contributed by atoms with E-state index < -0.39 is 0 Å². The molecule has 4 aromatic rings. The Labute approximate surface area is 225 Å². The Morgan fingerprint density at radius 2 is 1.79 bits per heavy atom. The van der Waals surface area contributed by atoms with Crippen LogP contribution < -0.4 is 24.7 Å². The third kappa shape index (κ3) is 4.26. The molecule has 2 fully saturated rings. The first kappa shape index (κ1) is 24.0. The fraction of sp³-hybridized carbons (Fsp3) is 0.429. The van der Waals surface area contributed by atoms with E-state index in [4.69, 9.17) is 14.2 Å². The number of nitrogens with one attached hydrogen (secondary N) is 1. The maximum absolute atomic E-state index is 13.7. The number of H-pyrrole nitrogens is 1. The average Bonchev–Trinajstić information content (AvgIpc) is 3.75. The number of para-hydroxylation sites is 2. The highest BCUT2D eigenvalue weighted by atomic mass is 16.7. The minimum atomic E-state index is -0.390. The fourth-order valence-corrected chi connectivity index (χ4v) is 6.22. The number of pyridine rings is 1. The van der Waals surface area contributed by atoms with Gasteiger partial charge in [0.1, 0.15) is 11.8 Å². The zero-order valence-electron chi connectivity index (χ0n) is 21.9. The van der Waals surface area contributed by atoms with Crippen LogP contribution in [0.5, 0.6) is 17.2 Å². The van der Waals surface area contributed by atoms with Gasteiger partial charge < -0.3 is 24.1 Å². The zero-order chi connectivity index (χ0) is 26.3. The van der Waals surface area contributed by atoms with Crippen LogP contribution in [0.4, 0.5) is 5.69 Å².